The Morgan fingerprint density at radius 3 is 2.76 bits per heavy atom. The molecule has 13 heteroatoms. The van der Waals surface area contributed by atoms with Crippen molar-refractivity contribution in [3.05, 3.63) is 71.4 Å². The van der Waals surface area contributed by atoms with Gasteiger partial charge in [0.05, 0.1) is 46.7 Å². The molecule has 5 heterocycles. The second-order valence-electron chi connectivity index (χ2n) is 12.2. The summed E-state index contributed by atoms with van der Waals surface area (Å²) < 4.78 is 21.2. The number of amides is 1. The fourth-order valence-electron chi connectivity index (χ4n) is 6.15. The van der Waals surface area contributed by atoms with E-state index in [9.17, 15) is 19.1 Å². The van der Waals surface area contributed by atoms with Crippen molar-refractivity contribution in [2.24, 2.45) is 0 Å². The van der Waals surface area contributed by atoms with E-state index in [1.807, 2.05) is 43.3 Å². The number of anilines is 3. The van der Waals surface area contributed by atoms with Gasteiger partial charge in [0, 0.05) is 57.0 Å². The number of benzene rings is 1. The molecule has 6 rings (SSSR count). The molecule has 0 aliphatic carbocycles. The van der Waals surface area contributed by atoms with E-state index in [0.717, 1.165) is 28.2 Å². The zero-order valence-electron chi connectivity index (χ0n) is 25.9. The molecule has 4 N–H and O–H groups in total. The summed E-state index contributed by atoms with van der Waals surface area (Å²) in [5, 5.41) is 26.2. The van der Waals surface area contributed by atoms with E-state index < -0.39 is 11.6 Å². The first kappa shape index (κ1) is 31.4. The molecule has 3 aromatic heterocycles. The fraction of sp³-hybridized carbons (Fsp3) is 0.394. The summed E-state index contributed by atoms with van der Waals surface area (Å²) in [6.45, 7) is 2.67. The highest BCUT2D eigenvalue weighted by Crippen LogP contribution is 2.36. The number of ether oxygens (including phenoxy) is 1. The van der Waals surface area contributed by atoms with Gasteiger partial charge in [-0.05, 0) is 63.2 Å². The van der Waals surface area contributed by atoms with E-state index >= 15 is 0 Å². The van der Waals surface area contributed by atoms with Crippen LogP contribution < -0.4 is 15.5 Å². The average molecular weight is 632 g/mol. The van der Waals surface area contributed by atoms with Gasteiger partial charge in [-0.3, -0.25) is 14.0 Å². The van der Waals surface area contributed by atoms with Crippen molar-refractivity contribution < 1.29 is 28.9 Å². The maximum Gasteiger partial charge on any atom is 0.303 e. The summed E-state index contributed by atoms with van der Waals surface area (Å²) in [5.41, 5.74) is 4.98. The lowest BCUT2D eigenvalue weighted by molar-refractivity contribution is -0.137. The first-order valence-corrected chi connectivity index (χ1v) is 15.4. The molecule has 1 fully saturated rings. The van der Waals surface area contributed by atoms with Gasteiger partial charge in [0.15, 0.2) is 0 Å². The van der Waals surface area contributed by atoms with Gasteiger partial charge in [-0.1, -0.05) is 6.07 Å². The van der Waals surface area contributed by atoms with Crippen LogP contribution in [0.4, 0.5) is 21.6 Å². The third kappa shape index (κ3) is 6.66. The van der Waals surface area contributed by atoms with Crippen LogP contribution >= 0.6 is 0 Å². The van der Waals surface area contributed by atoms with E-state index in [4.69, 9.17) is 14.8 Å². The average Bonchev–Trinajstić information content (AvgIpc) is 3.61. The highest BCUT2D eigenvalue weighted by Gasteiger charge is 2.34. The standard InChI is InChI=1S/C33H38FN7O5/c1-39(2)19-25-26(40-13-10-33(45,11-14-40)20-46-15-3-4-30(42)43)7-8-28(38-25)37-24-6-5-22(23-17-36-32(44)31(23)24)27-18-35-29-16-21(34)9-12-41(27)29/h5-9,12,16,18,45H,3-4,10-11,13-15,17,19-20H2,1-2H3,(H,36,44)(H,37,38)(H,42,43). The van der Waals surface area contributed by atoms with E-state index in [1.165, 1.54) is 12.1 Å². The first-order valence-electron chi connectivity index (χ1n) is 15.4. The number of aromatic nitrogens is 3. The molecule has 242 valence electrons. The fourth-order valence-corrected chi connectivity index (χ4v) is 6.15. The zero-order chi connectivity index (χ0) is 32.4. The van der Waals surface area contributed by atoms with Gasteiger partial charge < -0.3 is 35.4 Å². The topological polar surface area (TPSA) is 145 Å². The summed E-state index contributed by atoms with van der Waals surface area (Å²) in [5.74, 6) is -0.804. The Kier molecular flexibility index (Phi) is 8.89. The molecule has 46 heavy (non-hydrogen) atoms. The van der Waals surface area contributed by atoms with Crippen molar-refractivity contribution in [1.29, 1.82) is 0 Å². The molecular formula is C33H38FN7O5. The first-order chi connectivity index (χ1) is 22.1. The van der Waals surface area contributed by atoms with E-state index in [1.54, 1.807) is 16.8 Å². The van der Waals surface area contributed by atoms with Gasteiger partial charge >= 0.3 is 5.97 Å². The van der Waals surface area contributed by atoms with Crippen LogP contribution in [0.1, 0.15) is 47.3 Å². The second-order valence-corrected chi connectivity index (χ2v) is 12.2. The maximum atomic E-state index is 13.8. The van der Waals surface area contributed by atoms with Crippen LogP contribution in [0.15, 0.2) is 48.8 Å². The Hall–Kier alpha value is -4.59. The molecule has 1 saturated heterocycles. The van der Waals surface area contributed by atoms with Crippen LogP contribution in [0.25, 0.3) is 16.9 Å². The lowest BCUT2D eigenvalue weighted by atomic mass is 9.92. The van der Waals surface area contributed by atoms with Crippen molar-refractivity contribution in [3.63, 3.8) is 0 Å². The van der Waals surface area contributed by atoms with E-state index in [2.05, 4.69) is 20.5 Å². The normalized spacial score (nSPS) is 15.8. The molecule has 0 radical (unpaired) electrons. The molecule has 0 atom stereocenters. The number of carbonyl (C=O) groups is 2. The Balaban J connectivity index is 1.20. The second kappa shape index (κ2) is 13.0. The minimum atomic E-state index is -0.955. The number of fused-ring (bicyclic) bond motifs is 2. The zero-order valence-corrected chi connectivity index (χ0v) is 25.9. The third-order valence-electron chi connectivity index (χ3n) is 8.48. The number of nitrogens with zero attached hydrogens (tertiary/aromatic N) is 5. The Labute approximate surface area is 265 Å². The quantitative estimate of drug-likeness (QED) is 0.171. The van der Waals surface area contributed by atoms with Gasteiger partial charge in [0.1, 0.15) is 17.3 Å². The number of pyridine rings is 2. The Morgan fingerprint density at radius 2 is 2.00 bits per heavy atom. The van der Waals surface area contributed by atoms with Gasteiger partial charge in [-0.15, -0.1) is 0 Å². The molecule has 0 bridgehead atoms. The number of hydrogen-bond acceptors (Lipinski definition) is 9. The number of piperidine rings is 1. The highest BCUT2D eigenvalue weighted by molar-refractivity contribution is 6.06. The molecular weight excluding hydrogens is 593 g/mol. The Morgan fingerprint density at radius 1 is 1.20 bits per heavy atom. The van der Waals surface area contributed by atoms with Crippen LogP contribution in [0.5, 0.6) is 0 Å². The number of carboxylic acids is 1. The van der Waals surface area contributed by atoms with Crippen molar-refractivity contribution in [1.82, 2.24) is 24.6 Å². The van der Waals surface area contributed by atoms with Crippen molar-refractivity contribution >= 4 is 34.7 Å². The number of imidazole rings is 1. The van der Waals surface area contributed by atoms with Gasteiger partial charge in [-0.2, -0.15) is 0 Å². The highest BCUT2D eigenvalue weighted by atomic mass is 19.1. The predicted octanol–water partition coefficient (Wildman–Crippen LogP) is 3.80. The number of rotatable bonds is 12. The lowest BCUT2D eigenvalue weighted by Crippen LogP contribution is -2.47. The smallest absolute Gasteiger partial charge is 0.303 e. The summed E-state index contributed by atoms with van der Waals surface area (Å²) in [6.07, 6.45) is 4.82. The maximum absolute atomic E-state index is 13.8. The number of nitrogens with one attached hydrogen (secondary N) is 2. The molecule has 0 spiro atoms. The SMILES string of the molecule is CN(C)Cc1nc(Nc2ccc(-c3cnc4cc(F)ccn34)c3c2C(=O)NC3)ccc1N1CCC(O)(COCCCC(=O)O)CC1. The van der Waals surface area contributed by atoms with Crippen molar-refractivity contribution in [3.8, 4) is 11.3 Å². The van der Waals surface area contributed by atoms with Crippen LogP contribution in [-0.2, 0) is 22.6 Å². The van der Waals surface area contributed by atoms with E-state index in [-0.39, 0.29) is 24.8 Å². The molecule has 2 aliphatic heterocycles. The molecule has 4 aromatic rings. The largest absolute Gasteiger partial charge is 0.481 e. The summed E-state index contributed by atoms with van der Waals surface area (Å²) in [7, 11) is 3.96. The van der Waals surface area contributed by atoms with Crippen molar-refractivity contribution in [2.45, 2.75) is 44.4 Å². The number of carbonyl (C=O) groups excluding carboxylic acids is 1. The molecule has 12 nitrogen and oxygen atoms in total. The molecule has 1 aromatic carbocycles. The molecule has 0 saturated carbocycles. The predicted molar refractivity (Wildman–Crippen MR) is 171 cm³/mol. The van der Waals surface area contributed by atoms with Crippen LogP contribution in [0.3, 0.4) is 0 Å². The Bertz CT molecular complexity index is 1770. The summed E-state index contributed by atoms with van der Waals surface area (Å²) in [6, 6.07) is 10.5. The lowest BCUT2D eigenvalue weighted by Gasteiger charge is -2.39. The number of aliphatic carboxylic acids is 1. The number of carboxylic acid groups (broad SMARTS) is 1. The number of halogens is 1. The minimum absolute atomic E-state index is 0.0476. The number of aliphatic hydroxyl groups is 1. The van der Waals surface area contributed by atoms with Gasteiger partial charge in [0.25, 0.3) is 5.91 Å². The molecule has 1 amide bonds. The van der Waals surface area contributed by atoms with Crippen LogP contribution in [0.2, 0.25) is 0 Å². The minimum Gasteiger partial charge on any atom is -0.481 e. The van der Waals surface area contributed by atoms with E-state index in [0.29, 0.717) is 74.8 Å². The molecule has 0 unspecified atom stereocenters. The molecule has 2 aliphatic rings. The number of hydrogen-bond donors (Lipinski definition) is 4. The van der Waals surface area contributed by atoms with Gasteiger partial charge in [-0.25, -0.2) is 14.4 Å². The third-order valence-corrected chi connectivity index (χ3v) is 8.48. The van der Waals surface area contributed by atoms with Crippen LogP contribution in [0, 0.1) is 5.82 Å². The monoisotopic (exact) mass is 631 g/mol. The summed E-state index contributed by atoms with van der Waals surface area (Å²) >= 11 is 0. The van der Waals surface area contributed by atoms with Crippen LogP contribution in [-0.4, -0.2) is 87.4 Å². The summed E-state index contributed by atoms with van der Waals surface area (Å²) in [4.78, 5) is 37.3. The van der Waals surface area contributed by atoms with Gasteiger partial charge in [0.2, 0.25) is 0 Å². The van der Waals surface area contributed by atoms with Crippen molar-refractivity contribution in [2.75, 3.05) is 50.6 Å².